The second-order valence-corrected chi connectivity index (χ2v) is 4.22. The normalized spacial score (nSPS) is 15.6. The van der Waals surface area contributed by atoms with Gasteiger partial charge in [0.1, 0.15) is 0 Å². The van der Waals surface area contributed by atoms with Crippen LogP contribution < -0.4 is 5.32 Å². The zero-order valence-electron chi connectivity index (χ0n) is 8.32. The summed E-state index contributed by atoms with van der Waals surface area (Å²) in [4.78, 5) is 14.4. The molecule has 1 aliphatic heterocycles. The zero-order chi connectivity index (χ0) is 10.5. The summed E-state index contributed by atoms with van der Waals surface area (Å²) >= 11 is 1.55. The summed E-state index contributed by atoms with van der Waals surface area (Å²) in [7, 11) is 0. The fourth-order valence-corrected chi connectivity index (χ4v) is 1.98. The number of hydrogen-bond acceptors (Lipinski definition) is 3. The average Bonchev–Trinajstić information content (AvgIpc) is 2.80. The van der Waals surface area contributed by atoms with Gasteiger partial charge in [0.25, 0.3) is 5.91 Å². The van der Waals surface area contributed by atoms with Gasteiger partial charge in [-0.3, -0.25) is 4.79 Å². The molecule has 3 nitrogen and oxygen atoms in total. The van der Waals surface area contributed by atoms with Crippen LogP contribution in [-0.4, -0.2) is 37.0 Å². The fraction of sp³-hybridized carbons (Fsp3) is 0.364. The third kappa shape index (κ3) is 2.82. The van der Waals surface area contributed by atoms with Crippen molar-refractivity contribution in [2.24, 2.45) is 0 Å². The Morgan fingerprint density at radius 1 is 1.47 bits per heavy atom. The molecule has 0 bridgehead atoms. The van der Waals surface area contributed by atoms with Crippen molar-refractivity contribution in [2.75, 3.05) is 26.2 Å². The van der Waals surface area contributed by atoms with E-state index in [-0.39, 0.29) is 5.91 Å². The summed E-state index contributed by atoms with van der Waals surface area (Å²) in [5, 5.41) is 5.16. The van der Waals surface area contributed by atoms with E-state index in [4.69, 9.17) is 0 Å². The topological polar surface area (TPSA) is 32.3 Å². The third-order valence-electron chi connectivity index (χ3n) is 2.22. The first-order chi connectivity index (χ1) is 7.36. The Balaban J connectivity index is 1.96. The molecule has 2 rings (SSSR count). The molecular formula is C11H12N2OS. The molecule has 2 heterocycles. The van der Waals surface area contributed by atoms with Crippen molar-refractivity contribution in [3.63, 3.8) is 0 Å². The molecule has 0 aliphatic carbocycles. The molecule has 1 N–H and O–H groups in total. The lowest BCUT2D eigenvalue weighted by Crippen LogP contribution is -2.46. The van der Waals surface area contributed by atoms with Crippen molar-refractivity contribution >= 4 is 17.2 Å². The molecule has 15 heavy (non-hydrogen) atoms. The number of rotatable bonds is 0. The Labute approximate surface area is 93.1 Å². The number of carbonyl (C=O) groups is 1. The van der Waals surface area contributed by atoms with Gasteiger partial charge in [0.05, 0.1) is 4.88 Å². The molecule has 1 amide bonds. The number of hydrogen-bond donors (Lipinski definition) is 1. The van der Waals surface area contributed by atoms with Crippen LogP contribution in [0.3, 0.4) is 0 Å². The molecular weight excluding hydrogens is 208 g/mol. The lowest BCUT2D eigenvalue weighted by Gasteiger charge is -2.25. The maximum Gasteiger partial charge on any atom is 0.298 e. The van der Waals surface area contributed by atoms with Gasteiger partial charge < -0.3 is 10.2 Å². The van der Waals surface area contributed by atoms with Crippen LogP contribution in [0.25, 0.3) is 0 Å². The van der Waals surface area contributed by atoms with Gasteiger partial charge in [0.15, 0.2) is 0 Å². The Morgan fingerprint density at radius 2 is 2.27 bits per heavy atom. The molecule has 4 heteroatoms. The van der Waals surface area contributed by atoms with Crippen LogP contribution in [0.5, 0.6) is 0 Å². The van der Waals surface area contributed by atoms with E-state index >= 15 is 0 Å². The number of nitrogens with one attached hydrogen (secondary N) is 1. The number of thiophene rings is 1. The van der Waals surface area contributed by atoms with E-state index in [1.165, 1.54) is 0 Å². The first kappa shape index (κ1) is 10.2. The molecule has 0 atom stereocenters. The molecule has 0 aromatic carbocycles. The largest absolute Gasteiger partial charge is 0.329 e. The van der Waals surface area contributed by atoms with E-state index in [1.54, 1.807) is 16.2 Å². The summed E-state index contributed by atoms with van der Waals surface area (Å²) in [6.07, 6.45) is 0. The lowest BCUT2D eigenvalue weighted by atomic mass is 10.3. The molecule has 0 spiro atoms. The minimum absolute atomic E-state index is 0.0649. The van der Waals surface area contributed by atoms with Crippen molar-refractivity contribution in [1.82, 2.24) is 10.2 Å². The summed E-state index contributed by atoms with van der Waals surface area (Å²) in [6.45, 7) is 3.26. The van der Waals surface area contributed by atoms with Crippen LogP contribution in [0.1, 0.15) is 4.88 Å². The Hall–Kier alpha value is -1.31. The predicted molar refractivity (Wildman–Crippen MR) is 60.6 cm³/mol. The lowest BCUT2D eigenvalue weighted by molar-refractivity contribution is -0.125. The molecule has 0 unspecified atom stereocenters. The molecule has 0 radical (unpaired) electrons. The maximum absolute atomic E-state index is 11.6. The van der Waals surface area contributed by atoms with Crippen LogP contribution in [0.4, 0.5) is 0 Å². The highest BCUT2D eigenvalue weighted by molar-refractivity contribution is 7.10. The molecule has 78 valence electrons. The van der Waals surface area contributed by atoms with Crippen molar-refractivity contribution in [2.45, 2.75) is 0 Å². The minimum atomic E-state index is -0.0649. The predicted octanol–water partition coefficient (Wildman–Crippen LogP) is 0.531. The second kappa shape index (κ2) is 4.96. The quantitative estimate of drug-likeness (QED) is 0.647. The molecule has 0 saturated carbocycles. The van der Waals surface area contributed by atoms with Gasteiger partial charge in [-0.2, -0.15) is 0 Å². The van der Waals surface area contributed by atoms with Gasteiger partial charge >= 0.3 is 0 Å². The minimum Gasteiger partial charge on any atom is -0.329 e. The monoisotopic (exact) mass is 220 g/mol. The summed E-state index contributed by atoms with van der Waals surface area (Å²) in [5.41, 5.74) is 0. The maximum atomic E-state index is 11.6. The smallest absolute Gasteiger partial charge is 0.298 e. The Bertz CT molecular complexity index is 382. The van der Waals surface area contributed by atoms with Gasteiger partial charge in [-0.1, -0.05) is 6.07 Å². The van der Waals surface area contributed by atoms with E-state index in [9.17, 15) is 4.79 Å². The highest BCUT2D eigenvalue weighted by Crippen LogP contribution is 2.05. The summed E-state index contributed by atoms with van der Waals surface area (Å²) in [6, 6.07) is 3.85. The summed E-state index contributed by atoms with van der Waals surface area (Å²) < 4.78 is 0. The highest BCUT2D eigenvalue weighted by atomic mass is 32.1. The van der Waals surface area contributed by atoms with E-state index in [0.29, 0.717) is 0 Å². The van der Waals surface area contributed by atoms with Crippen LogP contribution in [0.2, 0.25) is 0 Å². The van der Waals surface area contributed by atoms with Gasteiger partial charge in [-0.05, 0) is 17.4 Å². The molecule has 1 saturated heterocycles. The van der Waals surface area contributed by atoms with Crippen molar-refractivity contribution in [3.8, 4) is 11.8 Å². The zero-order valence-corrected chi connectivity index (χ0v) is 9.14. The van der Waals surface area contributed by atoms with Gasteiger partial charge in [0, 0.05) is 32.1 Å². The fourth-order valence-electron chi connectivity index (χ4n) is 1.41. The first-order valence-electron chi connectivity index (χ1n) is 4.91. The van der Waals surface area contributed by atoms with E-state index < -0.39 is 0 Å². The van der Waals surface area contributed by atoms with Crippen LogP contribution >= 0.6 is 11.3 Å². The van der Waals surface area contributed by atoms with E-state index in [1.807, 2.05) is 17.5 Å². The Kier molecular flexibility index (Phi) is 3.38. The first-order valence-corrected chi connectivity index (χ1v) is 5.79. The number of carbonyl (C=O) groups excluding carboxylic acids is 1. The van der Waals surface area contributed by atoms with Gasteiger partial charge in [-0.25, -0.2) is 0 Å². The molecule has 1 fully saturated rings. The van der Waals surface area contributed by atoms with Crippen LogP contribution in [-0.2, 0) is 4.79 Å². The van der Waals surface area contributed by atoms with Crippen molar-refractivity contribution in [1.29, 1.82) is 0 Å². The number of piperazine rings is 1. The van der Waals surface area contributed by atoms with Crippen molar-refractivity contribution in [3.05, 3.63) is 22.4 Å². The SMILES string of the molecule is O=C(C#Cc1cccs1)N1CCNCC1. The molecule has 1 aromatic rings. The highest BCUT2D eigenvalue weighted by Gasteiger charge is 2.13. The summed E-state index contributed by atoms with van der Waals surface area (Å²) in [5.74, 6) is 5.49. The van der Waals surface area contributed by atoms with Crippen molar-refractivity contribution < 1.29 is 4.79 Å². The molecule has 1 aromatic heterocycles. The van der Waals surface area contributed by atoms with E-state index in [0.717, 1.165) is 31.1 Å². The van der Waals surface area contributed by atoms with Crippen LogP contribution in [0, 0.1) is 11.8 Å². The Morgan fingerprint density at radius 3 is 2.93 bits per heavy atom. The number of amides is 1. The second-order valence-electron chi connectivity index (χ2n) is 3.27. The average molecular weight is 220 g/mol. The molecule has 1 aliphatic rings. The van der Waals surface area contributed by atoms with Crippen LogP contribution in [0.15, 0.2) is 17.5 Å². The standard InChI is InChI=1S/C11H12N2OS/c14-11(13-7-5-12-6-8-13)4-3-10-2-1-9-15-10/h1-2,9,12H,5-8H2. The van der Waals surface area contributed by atoms with Gasteiger partial charge in [-0.15, -0.1) is 11.3 Å². The number of nitrogens with zero attached hydrogens (tertiary/aromatic N) is 1. The van der Waals surface area contributed by atoms with Gasteiger partial charge in [0.2, 0.25) is 0 Å². The van der Waals surface area contributed by atoms with E-state index in [2.05, 4.69) is 17.2 Å². The third-order valence-corrected chi connectivity index (χ3v) is 3.00.